The lowest BCUT2D eigenvalue weighted by Gasteiger charge is -2.16. The van der Waals surface area contributed by atoms with Crippen LogP contribution in [0.1, 0.15) is 39.5 Å². The molecular formula is C12H19NO2. The summed E-state index contributed by atoms with van der Waals surface area (Å²) in [5.74, 6) is 1.04. The lowest BCUT2D eigenvalue weighted by molar-refractivity contribution is -0.114. The fraction of sp³-hybridized carbons (Fsp3) is 0.833. The zero-order valence-corrected chi connectivity index (χ0v) is 9.48. The number of hydrogen-bond donors (Lipinski definition) is 0. The maximum absolute atomic E-state index is 10.8. The predicted molar refractivity (Wildman–Crippen MR) is 58.7 cm³/mol. The molecule has 0 radical (unpaired) electrons. The van der Waals surface area contributed by atoms with E-state index in [1.807, 2.05) is 0 Å². The van der Waals surface area contributed by atoms with E-state index in [0.29, 0.717) is 11.8 Å². The van der Waals surface area contributed by atoms with Crippen LogP contribution in [-0.4, -0.2) is 18.1 Å². The summed E-state index contributed by atoms with van der Waals surface area (Å²) in [6.07, 6.45) is 5.37. The van der Waals surface area contributed by atoms with Crippen LogP contribution >= 0.6 is 0 Å². The van der Waals surface area contributed by atoms with Crippen LogP contribution in [0.4, 0.5) is 0 Å². The minimum absolute atomic E-state index is 0.0538. The fourth-order valence-electron chi connectivity index (χ4n) is 2.89. The maximum Gasteiger partial charge on any atom is 0.145 e. The standard InChI is InChI=1S/C12H19NO2/c1-3-8(4-2)11-10-6-5-9(7-14)12(10)15-13-11/h7-10,12H,3-6H2,1-2H3/t9-,10-,12-/m1/s1. The number of rotatable bonds is 4. The summed E-state index contributed by atoms with van der Waals surface area (Å²) in [4.78, 5) is 16.3. The molecule has 3 heteroatoms. The molecule has 3 nitrogen and oxygen atoms in total. The molecule has 0 spiro atoms. The van der Waals surface area contributed by atoms with Crippen molar-refractivity contribution in [3.8, 4) is 0 Å². The Morgan fingerprint density at radius 3 is 2.80 bits per heavy atom. The van der Waals surface area contributed by atoms with Gasteiger partial charge in [-0.2, -0.15) is 0 Å². The molecule has 0 unspecified atom stereocenters. The van der Waals surface area contributed by atoms with Gasteiger partial charge in [0.15, 0.2) is 0 Å². The molecule has 3 atom stereocenters. The summed E-state index contributed by atoms with van der Waals surface area (Å²) in [7, 11) is 0. The lowest BCUT2D eigenvalue weighted by atomic mass is 9.86. The van der Waals surface area contributed by atoms with Gasteiger partial charge in [-0.05, 0) is 25.7 Å². The van der Waals surface area contributed by atoms with Crippen molar-refractivity contribution >= 4 is 12.0 Å². The Labute approximate surface area is 90.9 Å². The predicted octanol–water partition coefficient (Wildman–Crippen LogP) is 2.40. The average molecular weight is 209 g/mol. The van der Waals surface area contributed by atoms with Crippen molar-refractivity contribution in [2.24, 2.45) is 22.9 Å². The van der Waals surface area contributed by atoms with E-state index in [1.165, 1.54) is 5.71 Å². The molecule has 1 fully saturated rings. The van der Waals surface area contributed by atoms with Crippen LogP contribution in [0.15, 0.2) is 5.16 Å². The molecule has 0 aromatic rings. The Morgan fingerprint density at radius 2 is 2.20 bits per heavy atom. The van der Waals surface area contributed by atoms with E-state index >= 15 is 0 Å². The molecule has 0 bridgehead atoms. The average Bonchev–Trinajstić information content (AvgIpc) is 2.82. The first-order chi connectivity index (χ1) is 7.31. The number of nitrogens with zero attached hydrogens (tertiary/aromatic N) is 1. The summed E-state index contributed by atoms with van der Waals surface area (Å²) in [5, 5.41) is 4.22. The molecule has 1 heterocycles. The van der Waals surface area contributed by atoms with Crippen molar-refractivity contribution in [2.75, 3.05) is 0 Å². The summed E-state index contributed by atoms with van der Waals surface area (Å²) < 4.78 is 0. The Balaban J connectivity index is 2.09. The number of aldehydes is 1. The van der Waals surface area contributed by atoms with Crippen LogP contribution in [-0.2, 0) is 9.63 Å². The second kappa shape index (κ2) is 4.33. The van der Waals surface area contributed by atoms with Gasteiger partial charge in [0, 0.05) is 11.8 Å². The van der Waals surface area contributed by atoms with Crippen LogP contribution in [0, 0.1) is 17.8 Å². The summed E-state index contributed by atoms with van der Waals surface area (Å²) in [6, 6.07) is 0. The van der Waals surface area contributed by atoms with E-state index in [-0.39, 0.29) is 12.0 Å². The quantitative estimate of drug-likeness (QED) is 0.667. The number of fused-ring (bicyclic) bond motifs is 1. The molecule has 0 aromatic heterocycles. The largest absolute Gasteiger partial charge is 0.391 e. The molecule has 0 N–H and O–H groups in total. The van der Waals surface area contributed by atoms with Gasteiger partial charge in [-0.3, -0.25) is 0 Å². The molecule has 1 saturated carbocycles. The van der Waals surface area contributed by atoms with E-state index in [2.05, 4.69) is 19.0 Å². The van der Waals surface area contributed by atoms with Gasteiger partial charge in [0.2, 0.25) is 0 Å². The third-order valence-corrected chi connectivity index (χ3v) is 3.87. The molecule has 0 amide bonds. The minimum Gasteiger partial charge on any atom is -0.391 e. The van der Waals surface area contributed by atoms with Crippen molar-refractivity contribution in [3.05, 3.63) is 0 Å². The van der Waals surface area contributed by atoms with Gasteiger partial charge in [-0.15, -0.1) is 0 Å². The summed E-state index contributed by atoms with van der Waals surface area (Å²) in [6.45, 7) is 4.38. The first-order valence-corrected chi connectivity index (χ1v) is 6.00. The smallest absolute Gasteiger partial charge is 0.145 e. The first kappa shape index (κ1) is 10.7. The maximum atomic E-state index is 10.8. The van der Waals surface area contributed by atoms with Gasteiger partial charge < -0.3 is 9.63 Å². The third-order valence-electron chi connectivity index (χ3n) is 3.87. The van der Waals surface area contributed by atoms with E-state index in [1.54, 1.807) is 0 Å². The number of oxime groups is 1. The van der Waals surface area contributed by atoms with Gasteiger partial charge in [0.25, 0.3) is 0 Å². The Bertz CT molecular complexity index is 271. The highest BCUT2D eigenvalue weighted by molar-refractivity contribution is 5.91. The highest BCUT2D eigenvalue weighted by atomic mass is 16.6. The van der Waals surface area contributed by atoms with Gasteiger partial charge in [0.05, 0.1) is 11.6 Å². The highest BCUT2D eigenvalue weighted by Gasteiger charge is 2.46. The van der Waals surface area contributed by atoms with Crippen molar-refractivity contribution in [1.29, 1.82) is 0 Å². The number of carbonyl (C=O) groups excluding carboxylic acids is 1. The molecule has 1 aliphatic heterocycles. The monoisotopic (exact) mass is 209 g/mol. The molecule has 0 aromatic carbocycles. The molecule has 84 valence electrons. The van der Waals surface area contributed by atoms with E-state index < -0.39 is 0 Å². The first-order valence-electron chi connectivity index (χ1n) is 6.00. The zero-order valence-electron chi connectivity index (χ0n) is 9.48. The van der Waals surface area contributed by atoms with Crippen LogP contribution in [0.5, 0.6) is 0 Å². The normalized spacial score (nSPS) is 33.8. The topological polar surface area (TPSA) is 38.7 Å². The molecule has 2 rings (SSSR count). The van der Waals surface area contributed by atoms with E-state index in [4.69, 9.17) is 4.84 Å². The zero-order chi connectivity index (χ0) is 10.8. The molecular weight excluding hydrogens is 190 g/mol. The summed E-state index contributed by atoms with van der Waals surface area (Å²) >= 11 is 0. The van der Waals surface area contributed by atoms with Gasteiger partial charge in [0.1, 0.15) is 12.4 Å². The van der Waals surface area contributed by atoms with Gasteiger partial charge in [-0.1, -0.05) is 19.0 Å². The fourth-order valence-corrected chi connectivity index (χ4v) is 2.89. The van der Waals surface area contributed by atoms with Gasteiger partial charge >= 0.3 is 0 Å². The Kier molecular flexibility index (Phi) is 3.08. The van der Waals surface area contributed by atoms with Crippen LogP contribution in [0.25, 0.3) is 0 Å². The number of carbonyl (C=O) groups is 1. The minimum atomic E-state index is 0.0538. The second-order valence-electron chi connectivity index (χ2n) is 4.58. The van der Waals surface area contributed by atoms with Crippen LogP contribution in [0.3, 0.4) is 0 Å². The summed E-state index contributed by atoms with van der Waals surface area (Å²) in [5.41, 5.74) is 1.22. The van der Waals surface area contributed by atoms with Crippen molar-refractivity contribution in [2.45, 2.75) is 45.6 Å². The third kappa shape index (κ3) is 1.68. The van der Waals surface area contributed by atoms with Crippen molar-refractivity contribution in [3.63, 3.8) is 0 Å². The van der Waals surface area contributed by atoms with Crippen LogP contribution in [0.2, 0.25) is 0 Å². The molecule has 0 saturated heterocycles. The SMILES string of the molecule is CCC(CC)C1=NO[C@H]2[C@@H]1CC[C@@H]2C=O. The van der Waals surface area contributed by atoms with E-state index in [9.17, 15) is 4.79 Å². The lowest BCUT2D eigenvalue weighted by Crippen LogP contribution is -2.27. The Morgan fingerprint density at radius 1 is 1.47 bits per heavy atom. The van der Waals surface area contributed by atoms with Crippen LogP contribution < -0.4 is 0 Å². The molecule has 1 aliphatic carbocycles. The van der Waals surface area contributed by atoms with Crippen molar-refractivity contribution in [1.82, 2.24) is 0 Å². The molecule has 15 heavy (non-hydrogen) atoms. The molecule has 2 aliphatic rings. The van der Waals surface area contributed by atoms with Crippen molar-refractivity contribution < 1.29 is 9.63 Å². The number of hydrogen-bond acceptors (Lipinski definition) is 3. The Hall–Kier alpha value is -0.860. The highest BCUT2D eigenvalue weighted by Crippen LogP contribution is 2.40. The van der Waals surface area contributed by atoms with Gasteiger partial charge in [-0.25, -0.2) is 0 Å². The van der Waals surface area contributed by atoms with E-state index in [0.717, 1.165) is 32.0 Å². The second-order valence-corrected chi connectivity index (χ2v) is 4.58.